The summed E-state index contributed by atoms with van der Waals surface area (Å²) in [4.78, 5) is 15.9. The van der Waals surface area contributed by atoms with Gasteiger partial charge in [-0.1, -0.05) is 6.07 Å². The van der Waals surface area contributed by atoms with Gasteiger partial charge >= 0.3 is 0 Å². The number of hydrogen-bond donors (Lipinski definition) is 0. The van der Waals surface area contributed by atoms with Gasteiger partial charge in [0.1, 0.15) is 4.47 Å². The topological polar surface area (TPSA) is 47.8 Å². The molecule has 0 N–H and O–H groups in total. The SMILES string of the molecule is O=c1c(Br)c(Br)cnn1Cc1ccccn1. The quantitative estimate of drug-likeness (QED) is 0.839. The van der Waals surface area contributed by atoms with Gasteiger partial charge in [0, 0.05) is 6.20 Å². The minimum Gasteiger partial charge on any atom is -0.266 e. The Balaban J connectivity index is 2.37. The summed E-state index contributed by atoms with van der Waals surface area (Å²) in [5, 5.41) is 4.02. The first-order chi connectivity index (χ1) is 7.68. The van der Waals surface area contributed by atoms with Crippen LogP contribution in [0.3, 0.4) is 0 Å². The van der Waals surface area contributed by atoms with E-state index in [1.54, 1.807) is 12.4 Å². The fourth-order valence-corrected chi connectivity index (χ4v) is 1.77. The van der Waals surface area contributed by atoms with E-state index in [0.29, 0.717) is 15.5 Å². The van der Waals surface area contributed by atoms with E-state index in [-0.39, 0.29) is 5.56 Å². The number of aromatic nitrogens is 3. The molecular weight excluding hydrogens is 338 g/mol. The van der Waals surface area contributed by atoms with Gasteiger partial charge in [0.25, 0.3) is 5.56 Å². The van der Waals surface area contributed by atoms with Gasteiger partial charge in [0.05, 0.1) is 22.9 Å². The molecule has 0 atom stereocenters. The molecule has 0 aliphatic carbocycles. The highest BCUT2D eigenvalue weighted by molar-refractivity contribution is 9.13. The Morgan fingerprint density at radius 3 is 2.81 bits per heavy atom. The lowest BCUT2D eigenvalue weighted by Gasteiger charge is -2.04. The van der Waals surface area contributed by atoms with E-state index in [4.69, 9.17) is 0 Å². The number of halogens is 2. The van der Waals surface area contributed by atoms with Crippen molar-refractivity contribution in [3.8, 4) is 0 Å². The standard InChI is InChI=1S/C10H7Br2N3O/c11-8-5-14-15(10(16)9(8)12)6-7-3-1-2-4-13-7/h1-5H,6H2. The van der Waals surface area contributed by atoms with Crippen LogP contribution >= 0.6 is 31.9 Å². The van der Waals surface area contributed by atoms with E-state index in [2.05, 4.69) is 41.9 Å². The second-order valence-electron chi connectivity index (χ2n) is 3.09. The summed E-state index contributed by atoms with van der Waals surface area (Å²) in [5.74, 6) is 0. The summed E-state index contributed by atoms with van der Waals surface area (Å²) in [7, 11) is 0. The molecule has 0 fully saturated rings. The molecule has 0 saturated carbocycles. The van der Waals surface area contributed by atoms with E-state index in [9.17, 15) is 4.79 Å². The van der Waals surface area contributed by atoms with Crippen molar-refractivity contribution in [3.63, 3.8) is 0 Å². The van der Waals surface area contributed by atoms with Crippen LogP contribution in [-0.2, 0) is 6.54 Å². The second kappa shape index (κ2) is 4.88. The van der Waals surface area contributed by atoms with Crippen molar-refractivity contribution in [3.05, 3.63) is 55.6 Å². The van der Waals surface area contributed by atoms with Crippen molar-refractivity contribution >= 4 is 31.9 Å². The van der Waals surface area contributed by atoms with Crippen LogP contribution < -0.4 is 5.56 Å². The predicted molar refractivity (Wildman–Crippen MR) is 67.2 cm³/mol. The van der Waals surface area contributed by atoms with Gasteiger partial charge in [-0.3, -0.25) is 9.78 Å². The molecule has 0 bridgehead atoms. The lowest BCUT2D eigenvalue weighted by atomic mass is 10.3. The zero-order valence-electron chi connectivity index (χ0n) is 8.10. The molecule has 6 heteroatoms. The molecule has 2 rings (SSSR count). The van der Waals surface area contributed by atoms with E-state index in [1.807, 2.05) is 18.2 Å². The van der Waals surface area contributed by atoms with Crippen LogP contribution in [0.5, 0.6) is 0 Å². The molecule has 0 aliphatic rings. The molecule has 0 spiro atoms. The number of hydrogen-bond acceptors (Lipinski definition) is 3. The van der Waals surface area contributed by atoms with E-state index in [0.717, 1.165) is 5.69 Å². The molecule has 2 aromatic rings. The molecule has 2 heterocycles. The maximum absolute atomic E-state index is 11.8. The van der Waals surface area contributed by atoms with Crippen LogP contribution in [0, 0.1) is 0 Å². The van der Waals surface area contributed by atoms with Crippen molar-refractivity contribution in [1.82, 2.24) is 14.8 Å². The zero-order chi connectivity index (χ0) is 11.5. The highest BCUT2D eigenvalue weighted by atomic mass is 79.9. The first-order valence-electron chi connectivity index (χ1n) is 4.49. The Kier molecular flexibility index (Phi) is 3.50. The van der Waals surface area contributed by atoms with Gasteiger partial charge in [-0.15, -0.1) is 0 Å². The molecule has 0 amide bonds. The lowest BCUT2D eigenvalue weighted by molar-refractivity contribution is 0.622. The second-order valence-corrected chi connectivity index (χ2v) is 4.74. The molecular formula is C10H7Br2N3O. The van der Waals surface area contributed by atoms with Crippen molar-refractivity contribution in [1.29, 1.82) is 0 Å². The van der Waals surface area contributed by atoms with Crippen LogP contribution in [0.4, 0.5) is 0 Å². The molecule has 0 unspecified atom stereocenters. The average molecular weight is 345 g/mol. The molecule has 4 nitrogen and oxygen atoms in total. The lowest BCUT2D eigenvalue weighted by Crippen LogP contribution is -2.24. The molecule has 0 radical (unpaired) electrons. The Morgan fingerprint density at radius 2 is 2.12 bits per heavy atom. The number of nitrogens with zero attached hydrogens (tertiary/aromatic N) is 3. The minimum atomic E-state index is -0.181. The third kappa shape index (κ3) is 2.38. The monoisotopic (exact) mass is 343 g/mol. The molecule has 16 heavy (non-hydrogen) atoms. The third-order valence-corrected chi connectivity index (χ3v) is 3.88. The average Bonchev–Trinajstić information content (AvgIpc) is 2.31. The summed E-state index contributed by atoms with van der Waals surface area (Å²) in [6.45, 7) is 0.367. The number of rotatable bonds is 2. The fraction of sp³-hybridized carbons (Fsp3) is 0.100. The predicted octanol–water partition coefficient (Wildman–Crippen LogP) is 2.21. The summed E-state index contributed by atoms with van der Waals surface area (Å²) in [5.41, 5.74) is 0.617. The van der Waals surface area contributed by atoms with E-state index < -0.39 is 0 Å². The summed E-state index contributed by atoms with van der Waals surface area (Å²) in [6.07, 6.45) is 3.27. The molecule has 0 saturated heterocycles. The first kappa shape index (κ1) is 11.5. The van der Waals surface area contributed by atoms with Crippen molar-refractivity contribution < 1.29 is 0 Å². The molecule has 0 aliphatic heterocycles. The number of pyridine rings is 1. The smallest absolute Gasteiger partial charge is 0.266 e. The minimum absolute atomic E-state index is 0.181. The van der Waals surface area contributed by atoms with Gasteiger partial charge in [-0.25, -0.2) is 4.68 Å². The Bertz CT molecular complexity index is 554. The van der Waals surface area contributed by atoms with Crippen molar-refractivity contribution in [2.24, 2.45) is 0 Å². The van der Waals surface area contributed by atoms with Crippen LogP contribution in [0.15, 0.2) is 44.3 Å². The maximum atomic E-state index is 11.8. The zero-order valence-corrected chi connectivity index (χ0v) is 11.3. The van der Waals surface area contributed by atoms with Gasteiger partial charge in [-0.2, -0.15) is 5.10 Å². The highest BCUT2D eigenvalue weighted by Crippen LogP contribution is 2.16. The molecule has 82 valence electrons. The normalized spacial score (nSPS) is 10.4. The van der Waals surface area contributed by atoms with Crippen LogP contribution in [0.2, 0.25) is 0 Å². The van der Waals surface area contributed by atoms with Crippen LogP contribution in [0.1, 0.15) is 5.69 Å². The third-order valence-electron chi connectivity index (χ3n) is 1.98. The van der Waals surface area contributed by atoms with Gasteiger partial charge in [-0.05, 0) is 44.0 Å². The van der Waals surface area contributed by atoms with E-state index >= 15 is 0 Å². The van der Waals surface area contributed by atoms with E-state index in [1.165, 1.54) is 4.68 Å². The highest BCUT2D eigenvalue weighted by Gasteiger charge is 2.06. The largest absolute Gasteiger partial charge is 0.282 e. The van der Waals surface area contributed by atoms with Crippen molar-refractivity contribution in [2.45, 2.75) is 6.54 Å². The van der Waals surface area contributed by atoms with Crippen molar-refractivity contribution in [2.75, 3.05) is 0 Å². The van der Waals surface area contributed by atoms with Gasteiger partial charge in [0.2, 0.25) is 0 Å². The van der Waals surface area contributed by atoms with Crippen LogP contribution in [-0.4, -0.2) is 14.8 Å². The van der Waals surface area contributed by atoms with Gasteiger partial charge < -0.3 is 0 Å². The Hall–Kier alpha value is -1.01. The first-order valence-corrected chi connectivity index (χ1v) is 6.08. The summed E-state index contributed by atoms with van der Waals surface area (Å²) in [6, 6.07) is 5.56. The Morgan fingerprint density at radius 1 is 1.31 bits per heavy atom. The van der Waals surface area contributed by atoms with Crippen LogP contribution in [0.25, 0.3) is 0 Å². The fourth-order valence-electron chi connectivity index (χ4n) is 1.20. The van der Waals surface area contributed by atoms with Gasteiger partial charge in [0.15, 0.2) is 0 Å². The summed E-state index contributed by atoms with van der Waals surface area (Å²) >= 11 is 6.43. The molecule has 2 aromatic heterocycles. The maximum Gasteiger partial charge on any atom is 0.282 e. The summed E-state index contributed by atoms with van der Waals surface area (Å²) < 4.78 is 2.48. The molecule has 0 aromatic carbocycles. The Labute approximate surface area is 109 Å².